The van der Waals surface area contributed by atoms with E-state index in [1.54, 1.807) is 31.2 Å². The van der Waals surface area contributed by atoms with Crippen molar-refractivity contribution in [2.45, 2.75) is 32.7 Å². The topological polar surface area (TPSA) is 58.2 Å². The molecule has 5 heteroatoms. The van der Waals surface area contributed by atoms with E-state index in [0.29, 0.717) is 16.5 Å². The van der Waals surface area contributed by atoms with Crippen LogP contribution in [-0.4, -0.2) is 17.9 Å². The molecule has 0 aliphatic rings. The Hall–Kier alpha value is -2.33. The molecule has 0 spiro atoms. The minimum atomic E-state index is -0.657. The zero-order valence-electron chi connectivity index (χ0n) is 14.0. The standard InChI is InChI=1S/C19H21ClN2O2/c1-12(2)15-5-4-6-17(11-15)22-18(23)13(3)21-19(24)14-7-9-16(20)10-8-14/h4-13H,1-3H3,(H,21,24)(H,22,23). The van der Waals surface area contributed by atoms with Gasteiger partial charge in [0.05, 0.1) is 0 Å². The van der Waals surface area contributed by atoms with Crippen molar-refractivity contribution in [1.29, 1.82) is 0 Å². The van der Waals surface area contributed by atoms with Gasteiger partial charge < -0.3 is 10.6 Å². The Kier molecular flexibility index (Phi) is 5.99. The average molecular weight is 345 g/mol. The highest BCUT2D eigenvalue weighted by Gasteiger charge is 2.17. The van der Waals surface area contributed by atoms with Crippen LogP contribution < -0.4 is 10.6 Å². The lowest BCUT2D eigenvalue weighted by Crippen LogP contribution is -2.41. The number of anilines is 1. The normalized spacial score (nSPS) is 11.9. The van der Waals surface area contributed by atoms with E-state index in [9.17, 15) is 9.59 Å². The lowest BCUT2D eigenvalue weighted by Gasteiger charge is -2.15. The van der Waals surface area contributed by atoms with Crippen LogP contribution in [0.3, 0.4) is 0 Å². The highest BCUT2D eigenvalue weighted by atomic mass is 35.5. The van der Waals surface area contributed by atoms with Gasteiger partial charge in [0.25, 0.3) is 5.91 Å². The third-order valence-electron chi connectivity index (χ3n) is 3.67. The zero-order valence-corrected chi connectivity index (χ0v) is 14.7. The molecule has 24 heavy (non-hydrogen) atoms. The molecule has 1 atom stereocenters. The summed E-state index contributed by atoms with van der Waals surface area (Å²) in [6.07, 6.45) is 0. The van der Waals surface area contributed by atoms with Crippen LogP contribution in [0, 0.1) is 0 Å². The van der Waals surface area contributed by atoms with Crippen LogP contribution in [0.1, 0.15) is 42.6 Å². The summed E-state index contributed by atoms with van der Waals surface area (Å²) in [6.45, 7) is 5.83. The Morgan fingerprint density at radius 3 is 2.29 bits per heavy atom. The molecule has 2 N–H and O–H groups in total. The number of nitrogens with one attached hydrogen (secondary N) is 2. The van der Waals surface area contributed by atoms with Crippen molar-refractivity contribution in [1.82, 2.24) is 5.32 Å². The van der Waals surface area contributed by atoms with Crippen molar-refractivity contribution in [2.24, 2.45) is 0 Å². The summed E-state index contributed by atoms with van der Waals surface area (Å²) < 4.78 is 0. The van der Waals surface area contributed by atoms with E-state index in [4.69, 9.17) is 11.6 Å². The van der Waals surface area contributed by atoms with Gasteiger partial charge in [-0.2, -0.15) is 0 Å². The van der Waals surface area contributed by atoms with Gasteiger partial charge in [-0.1, -0.05) is 37.6 Å². The summed E-state index contributed by atoms with van der Waals surface area (Å²) >= 11 is 5.80. The van der Waals surface area contributed by atoms with Crippen LogP contribution in [0.4, 0.5) is 5.69 Å². The van der Waals surface area contributed by atoms with E-state index >= 15 is 0 Å². The SMILES string of the molecule is CC(NC(=O)c1ccc(Cl)cc1)C(=O)Nc1cccc(C(C)C)c1. The summed E-state index contributed by atoms with van der Waals surface area (Å²) in [6, 6.07) is 13.6. The van der Waals surface area contributed by atoms with E-state index in [1.165, 1.54) is 0 Å². The summed E-state index contributed by atoms with van der Waals surface area (Å²) in [5.41, 5.74) is 2.32. The highest BCUT2D eigenvalue weighted by Crippen LogP contribution is 2.18. The molecule has 0 heterocycles. The van der Waals surface area contributed by atoms with Gasteiger partial charge in [-0.05, 0) is 54.8 Å². The molecule has 0 saturated heterocycles. The third-order valence-corrected chi connectivity index (χ3v) is 3.92. The minimum Gasteiger partial charge on any atom is -0.341 e. The Balaban J connectivity index is 1.98. The van der Waals surface area contributed by atoms with E-state index in [1.807, 2.05) is 24.3 Å². The monoisotopic (exact) mass is 344 g/mol. The van der Waals surface area contributed by atoms with Gasteiger partial charge in [0, 0.05) is 16.3 Å². The summed E-state index contributed by atoms with van der Waals surface area (Å²) in [7, 11) is 0. The number of carbonyl (C=O) groups excluding carboxylic acids is 2. The minimum absolute atomic E-state index is 0.266. The highest BCUT2D eigenvalue weighted by molar-refractivity contribution is 6.30. The maximum absolute atomic E-state index is 12.3. The number of carbonyl (C=O) groups is 2. The fraction of sp³-hybridized carbons (Fsp3) is 0.263. The molecule has 4 nitrogen and oxygen atoms in total. The molecule has 0 aliphatic carbocycles. The maximum Gasteiger partial charge on any atom is 0.251 e. The average Bonchev–Trinajstić information content (AvgIpc) is 2.55. The fourth-order valence-corrected chi connectivity index (χ4v) is 2.30. The van der Waals surface area contributed by atoms with Crippen LogP contribution in [0.2, 0.25) is 5.02 Å². The largest absolute Gasteiger partial charge is 0.341 e. The Morgan fingerprint density at radius 1 is 1.00 bits per heavy atom. The van der Waals surface area contributed by atoms with E-state index < -0.39 is 6.04 Å². The van der Waals surface area contributed by atoms with Crippen LogP contribution in [0.25, 0.3) is 0 Å². The van der Waals surface area contributed by atoms with Crippen molar-refractivity contribution in [3.63, 3.8) is 0 Å². The fourth-order valence-electron chi connectivity index (χ4n) is 2.17. The van der Waals surface area contributed by atoms with Crippen LogP contribution >= 0.6 is 11.6 Å². The first-order valence-corrected chi connectivity index (χ1v) is 8.22. The van der Waals surface area contributed by atoms with E-state index in [-0.39, 0.29) is 11.8 Å². The number of hydrogen-bond acceptors (Lipinski definition) is 2. The number of benzene rings is 2. The van der Waals surface area contributed by atoms with Crippen molar-refractivity contribution >= 4 is 29.1 Å². The Morgan fingerprint density at radius 2 is 1.67 bits per heavy atom. The molecule has 2 aromatic rings. The second-order valence-electron chi connectivity index (χ2n) is 5.97. The number of halogens is 1. The van der Waals surface area contributed by atoms with Gasteiger partial charge in [-0.15, -0.1) is 0 Å². The summed E-state index contributed by atoms with van der Waals surface area (Å²) in [5, 5.41) is 6.06. The predicted octanol–water partition coefficient (Wildman–Crippen LogP) is 4.22. The van der Waals surface area contributed by atoms with Gasteiger partial charge in [0.1, 0.15) is 6.04 Å². The molecule has 1 unspecified atom stereocenters. The summed E-state index contributed by atoms with van der Waals surface area (Å²) in [4.78, 5) is 24.4. The van der Waals surface area contributed by atoms with Crippen molar-refractivity contribution < 1.29 is 9.59 Å². The number of amides is 2. The molecule has 0 aromatic heterocycles. The molecule has 2 rings (SSSR count). The van der Waals surface area contributed by atoms with Gasteiger partial charge in [-0.3, -0.25) is 9.59 Å². The van der Waals surface area contributed by atoms with Crippen LogP contribution in [0.5, 0.6) is 0 Å². The molecule has 0 aliphatic heterocycles. The van der Waals surface area contributed by atoms with E-state index in [2.05, 4.69) is 24.5 Å². The molecular formula is C19H21ClN2O2. The molecule has 126 valence electrons. The van der Waals surface area contributed by atoms with Crippen molar-refractivity contribution in [3.05, 3.63) is 64.7 Å². The maximum atomic E-state index is 12.3. The van der Waals surface area contributed by atoms with Gasteiger partial charge in [-0.25, -0.2) is 0 Å². The molecule has 0 bridgehead atoms. The molecule has 2 amide bonds. The lowest BCUT2D eigenvalue weighted by molar-refractivity contribution is -0.117. The van der Waals surface area contributed by atoms with Gasteiger partial charge >= 0.3 is 0 Å². The first-order valence-electron chi connectivity index (χ1n) is 7.84. The van der Waals surface area contributed by atoms with Gasteiger partial charge in [0.15, 0.2) is 0 Å². The zero-order chi connectivity index (χ0) is 17.7. The molecule has 0 saturated carbocycles. The molecule has 2 aromatic carbocycles. The van der Waals surface area contributed by atoms with E-state index in [0.717, 1.165) is 11.3 Å². The third kappa shape index (κ3) is 4.83. The quantitative estimate of drug-likeness (QED) is 0.853. The predicted molar refractivity (Wildman–Crippen MR) is 97.5 cm³/mol. The second-order valence-corrected chi connectivity index (χ2v) is 6.41. The van der Waals surface area contributed by atoms with Crippen LogP contribution in [0.15, 0.2) is 48.5 Å². The van der Waals surface area contributed by atoms with Gasteiger partial charge in [0.2, 0.25) is 5.91 Å². The molecule has 0 fully saturated rings. The van der Waals surface area contributed by atoms with Crippen LogP contribution in [-0.2, 0) is 4.79 Å². The number of hydrogen-bond donors (Lipinski definition) is 2. The number of rotatable bonds is 5. The lowest BCUT2D eigenvalue weighted by atomic mass is 10.0. The Bertz CT molecular complexity index is 726. The van der Waals surface area contributed by atoms with Crippen molar-refractivity contribution in [2.75, 3.05) is 5.32 Å². The molecule has 0 radical (unpaired) electrons. The Labute approximate surface area is 147 Å². The summed E-state index contributed by atoms with van der Waals surface area (Å²) in [5.74, 6) is -0.202. The van der Waals surface area contributed by atoms with Crippen molar-refractivity contribution in [3.8, 4) is 0 Å². The first-order chi connectivity index (χ1) is 11.4. The second kappa shape index (κ2) is 7.97. The first kappa shape index (κ1) is 18.0. The smallest absolute Gasteiger partial charge is 0.251 e. The molecular weight excluding hydrogens is 324 g/mol.